The number of hydrogen-bond acceptors (Lipinski definition) is 7. The molecule has 0 bridgehead atoms. The molecular formula is C32H33N4O4S+. The summed E-state index contributed by atoms with van der Waals surface area (Å²) in [5.74, 6) is 1.84. The Hall–Kier alpha value is -4.08. The number of aromatic nitrogens is 2. The average molecular weight is 570 g/mol. The zero-order valence-corrected chi connectivity index (χ0v) is 24.0. The normalized spacial score (nSPS) is 20.2. The van der Waals surface area contributed by atoms with Gasteiger partial charge in [-0.15, -0.1) is 4.21 Å². The minimum Gasteiger partial charge on any atom is -0.410 e. The van der Waals surface area contributed by atoms with Crippen molar-refractivity contribution in [3.8, 4) is 17.1 Å². The molecule has 1 aliphatic carbocycles. The van der Waals surface area contributed by atoms with Crippen LogP contribution in [0.15, 0.2) is 95.9 Å². The van der Waals surface area contributed by atoms with Crippen molar-refractivity contribution in [1.29, 1.82) is 0 Å². The summed E-state index contributed by atoms with van der Waals surface area (Å²) < 4.78 is 24.5. The monoisotopic (exact) mass is 569 g/mol. The maximum atomic E-state index is 13.9. The number of carbonyl (C=O) groups excluding carboxylic acids is 1. The molecule has 9 heteroatoms. The van der Waals surface area contributed by atoms with Gasteiger partial charge < -0.3 is 14.4 Å². The summed E-state index contributed by atoms with van der Waals surface area (Å²) in [4.78, 5) is 25.5. The molecule has 0 spiro atoms. The molecule has 2 heterocycles. The highest BCUT2D eigenvalue weighted by Crippen LogP contribution is 2.53. The fourth-order valence-electron chi connectivity index (χ4n) is 5.32. The number of nitrogens with zero attached hydrogens (tertiary/aromatic N) is 3. The average Bonchev–Trinajstić information content (AvgIpc) is 3.80. The van der Waals surface area contributed by atoms with Crippen LogP contribution in [0.1, 0.15) is 32.4 Å². The summed E-state index contributed by atoms with van der Waals surface area (Å²) in [5.41, 5.74) is 2.20. The standard InChI is InChI=1S/C32H32N4O4S/c1-22-20-39-21-23(2)36(22)29-19-28(32(17-18-32)41(38)27-11-7-4-8-12-27)34-30(35-29)24-13-15-25(16-14-24)33-31(37)40-26-9-5-3-6-10-26/h3-16,19,22-23H,17-18,20-21H2,1-2H3,(H,33,37)/p+1/t22-,23-,41?/m0/s1. The molecule has 6 rings (SSSR count). The topological polar surface area (TPSA) is 93.7 Å². The van der Waals surface area contributed by atoms with Crippen molar-refractivity contribution in [3.63, 3.8) is 0 Å². The SMILES string of the molecule is C[C@H]1COC[C@H](C)N1c1cc(C2([SH+](=O)c3ccccc3)CC2)nc(-c2ccc(NC(=O)Oc3ccccc3)cc2)n1. The van der Waals surface area contributed by atoms with Gasteiger partial charge in [0, 0.05) is 30.2 Å². The first-order valence-corrected chi connectivity index (χ1v) is 15.1. The molecule has 1 aliphatic heterocycles. The minimum absolute atomic E-state index is 0.134. The largest absolute Gasteiger partial charge is 0.417 e. The van der Waals surface area contributed by atoms with E-state index >= 15 is 0 Å². The fraction of sp³-hybridized carbons (Fsp3) is 0.281. The highest BCUT2D eigenvalue weighted by atomic mass is 32.2. The number of morpholine rings is 1. The zero-order valence-electron chi connectivity index (χ0n) is 23.1. The first-order chi connectivity index (χ1) is 19.9. The number of amides is 1. The van der Waals surface area contributed by atoms with Gasteiger partial charge in [0.2, 0.25) is 0 Å². The predicted octanol–water partition coefficient (Wildman–Crippen LogP) is 6.11. The van der Waals surface area contributed by atoms with Crippen molar-refractivity contribution >= 4 is 28.4 Å². The van der Waals surface area contributed by atoms with Crippen molar-refractivity contribution in [2.45, 2.75) is 48.4 Å². The molecule has 1 aromatic heterocycles. The number of nitrogens with one attached hydrogen (secondary N) is 1. The van der Waals surface area contributed by atoms with E-state index in [-0.39, 0.29) is 12.1 Å². The summed E-state index contributed by atoms with van der Waals surface area (Å²) in [7, 11) is -1.70. The van der Waals surface area contributed by atoms with Gasteiger partial charge in [-0.05, 0) is 62.4 Å². The Morgan fingerprint density at radius 3 is 2.20 bits per heavy atom. The number of hydrogen-bond donors (Lipinski definition) is 1. The van der Waals surface area contributed by atoms with Crippen LogP contribution in [0.3, 0.4) is 0 Å². The summed E-state index contributed by atoms with van der Waals surface area (Å²) in [6.45, 7) is 5.48. The zero-order chi connectivity index (χ0) is 28.4. The van der Waals surface area contributed by atoms with E-state index in [9.17, 15) is 9.00 Å². The van der Waals surface area contributed by atoms with Gasteiger partial charge in [0.25, 0.3) is 0 Å². The number of benzene rings is 3. The maximum Gasteiger partial charge on any atom is 0.417 e. The number of thiol groups is 1. The Morgan fingerprint density at radius 2 is 1.56 bits per heavy atom. The van der Waals surface area contributed by atoms with Gasteiger partial charge in [-0.2, -0.15) is 0 Å². The molecule has 1 N–H and O–H groups in total. The Labute approximate surface area is 242 Å². The third kappa shape index (κ3) is 5.73. The number of carbonyl (C=O) groups is 1. The van der Waals surface area contributed by atoms with Gasteiger partial charge in [-0.3, -0.25) is 5.32 Å². The third-order valence-electron chi connectivity index (χ3n) is 7.57. The van der Waals surface area contributed by atoms with Gasteiger partial charge in [-0.1, -0.05) is 36.4 Å². The van der Waals surface area contributed by atoms with Crippen molar-refractivity contribution in [2.24, 2.45) is 0 Å². The van der Waals surface area contributed by atoms with E-state index in [1.807, 2.05) is 54.6 Å². The lowest BCUT2D eigenvalue weighted by molar-refractivity contribution is 0.0752. The molecular weight excluding hydrogens is 536 g/mol. The summed E-state index contributed by atoms with van der Waals surface area (Å²) in [6.07, 6.45) is 1.06. The first kappa shape index (κ1) is 27.1. The smallest absolute Gasteiger partial charge is 0.410 e. The van der Waals surface area contributed by atoms with Gasteiger partial charge in [0.15, 0.2) is 15.5 Å². The van der Waals surface area contributed by atoms with Crippen LogP contribution >= 0.6 is 0 Å². The molecule has 8 nitrogen and oxygen atoms in total. The molecule has 0 radical (unpaired) electrons. The predicted molar refractivity (Wildman–Crippen MR) is 161 cm³/mol. The maximum absolute atomic E-state index is 13.9. The van der Waals surface area contributed by atoms with Gasteiger partial charge in [0.1, 0.15) is 28.1 Å². The number of anilines is 2. The van der Waals surface area contributed by atoms with Crippen molar-refractivity contribution in [1.82, 2.24) is 9.97 Å². The Bertz CT molecular complexity index is 1540. The van der Waals surface area contributed by atoms with E-state index in [4.69, 9.17) is 19.4 Å². The van der Waals surface area contributed by atoms with Crippen LogP contribution in [0.25, 0.3) is 11.4 Å². The van der Waals surface area contributed by atoms with Crippen LogP contribution in [0.4, 0.5) is 16.3 Å². The molecule has 41 heavy (non-hydrogen) atoms. The van der Waals surface area contributed by atoms with Crippen molar-refractivity contribution in [2.75, 3.05) is 23.4 Å². The fourth-order valence-corrected chi connectivity index (χ4v) is 7.10. The minimum atomic E-state index is -1.70. The summed E-state index contributed by atoms with van der Waals surface area (Å²) in [5, 5.41) is 2.76. The molecule has 1 saturated carbocycles. The highest BCUT2D eigenvalue weighted by Gasteiger charge is 2.58. The van der Waals surface area contributed by atoms with Gasteiger partial charge in [-0.25, -0.2) is 14.8 Å². The van der Waals surface area contributed by atoms with Crippen molar-refractivity contribution < 1.29 is 18.5 Å². The molecule has 2 fully saturated rings. The molecule has 2 aliphatic rings. The van der Waals surface area contributed by atoms with Gasteiger partial charge >= 0.3 is 6.09 Å². The lowest BCUT2D eigenvalue weighted by Gasteiger charge is -2.40. The second-order valence-electron chi connectivity index (χ2n) is 10.6. The van der Waals surface area contributed by atoms with Crippen LogP contribution in [-0.4, -0.2) is 41.4 Å². The van der Waals surface area contributed by atoms with Crippen LogP contribution in [0.5, 0.6) is 5.75 Å². The Morgan fingerprint density at radius 1 is 0.927 bits per heavy atom. The first-order valence-electron chi connectivity index (χ1n) is 13.9. The molecule has 1 saturated heterocycles. The molecule has 1 amide bonds. The summed E-state index contributed by atoms with van der Waals surface area (Å²) in [6, 6.07) is 28.2. The van der Waals surface area contributed by atoms with E-state index in [2.05, 4.69) is 24.1 Å². The van der Waals surface area contributed by atoms with Crippen LogP contribution < -0.4 is 15.0 Å². The molecule has 210 valence electrons. The van der Waals surface area contributed by atoms with Crippen LogP contribution in [0, 0.1) is 0 Å². The molecule has 3 atom stereocenters. The van der Waals surface area contributed by atoms with Crippen LogP contribution in [-0.2, 0) is 24.5 Å². The van der Waals surface area contributed by atoms with E-state index in [1.54, 1.807) is 36.4 Å². The Kier molecular flexibility index (Phi) is 7.55. The van der Waals surface area contributed by atoms with E-state index in [0.29, 0.717) is 30.5 Å². The molecule has 3 aromatic carbocycles. The van der Waals surface area contributed by atoms with E-state index in [0.717, 1.165) is 34.8 Å². The second-order valence-corrected chi connectivity index (χ2v) is 12.6. The molecule has 1 unspecified atom stereocenters. The van der Waals surface area contributed by atoms with Gasteiger partial charge in [0.05, 0.1) is 25.3 Å². The van der Waals surface area contributed by atoms with E-state index in [1.165, 1.54) is 0 Å². The number of ether oxygens (including phenoxy) is 2. The molecule has 4 aromatic rings. The van der Waals surface area contributed by atoms with Crippen molar-refractivity contribution in [3.05, 3.63) is 96.7 Å². The van der Waals surface area contributed by atoms with E-state index < -0.39 is 21.6 Å². The Balaban J connectivity index is 1.32. The number of para-hydroxylation sites is 1. The second kappa shape index (κ2) is 11.4. The van der Waals surface area contributed by atoms with Crippen LogP contribution in [0.2, 0.25) is 0 Å². The number of rotatable bonds is 7. The third-order valence-corrected chi connectivity index (χ3v) is 9.79. The quantitative estimate of drug-likeness (QED) is 0.212. The summed E-state index contributed by atoms with van der Waals surface area (Å²) >= 11 is 0. The highest BCUT2D eigenvalue weighted by molar-refractivity contribution is 7.86. The lowest BCUT2D eigenvalue weighted by atomic mass is 10.1. The lowest BCUT2D eigenvalue weighted by Crippen LogP contribution is -2.50.